The van der Waals surface area contributed by atoms with Gasteiger partial charge in [-0.25, -0.2) is 13.6 Å². The molecular weight excluding hydrogens is 430 g/mol. The molecule has 8 heteroatoms. The molecular formula is C25H32F2N2O4. The highest BCUT2D eigenvalue weighted by molar-refractivity contribution is 5.69. The molecule has 1 fully saturated rings. The van der Waals surface area contributed by atoms with E-state index in [1.54, 1.807) is 20.8 Å². The van der Waals surface area contributed by atoms with Crippen LogP contribution in [0.5, 0.6) is 0 Å². The zero-order valence-corrected chi connectivity index (χ0v) is 19.2. The molecule has 1 aliphatic rings. The number of ether oxygens (including phenoxy) is 2. The first-order valence-electron chi connectivity index (χ1n) is 11.1. The zero-order chi connectivity index (χ0) is 24.2. The molecule has 6 nitrogen and oxygen atoms in total. The Hall–Kier alpha value is -2.55. The minimum Gasteiger partial charge on any atom is -0.444 e. The van der Waals surface area contributed by atoms with Crippen LogP contribution in [-0.4, -0.2) is 52.5 Å². The van der Waals surface area contributed by atoms with Gasteiger partial charge in [0.05, 0.1) is 31.4 Å². The topological polar surface area (TPSA) is 85.0 Å². The number of carbonyl (C=O) groups excluding carboxylic acids is 1. The van der Waals surface area contributed by atoms with Gasteiger partial charge in [0.2, 0.25) is 0 Å². The van der Waals surface area contributed by atoms with E-state index >= 15 is 0 Å². The maximum Gasteiger partial charge on any atom is 0.410 e. The summed E-state index contributed by atoms with van der Waals surface area (Å²) < 4.78 is 38.6. The van der Waals surface area contributed by atoms with Crippen LogP contribution in [0.3, 0.4) is 0 Å². The maximum absolute atomic E-state index is 13.6. The molecule has 2 aromatic rings. The molecule has 33 heavy (non-hydrogen) atoms. The lowest BCUT2D eigenvalue weighted by molar-refractivity contribution is -0.000336. The number of benzene rings is 2. The maximum atomic E-state index is 13.6. The van der Waals surface area contributed by atoms with Crippen LogP contribution in [0.4, 0.5) is 13.6 Å². The summed E-state index contributed by atoms with van der Waals surface area (Å²) in [4.78, 5) is 14.3. The molecule has 2 aromatic carbocycles. The third kappa shape index (κ3) is 7.22. The average molecular weight is 463 g/mol. The molecule has 0 aromatic heterocycles. The first-order valence-corrected chi connectivity index (χ1v) is 11.1. The molecule has 1 heterocycles. The highest BCUT2D eigenvalue weighted by Gasteiger charge is 2.43. The molecule has 180 valence electrons. The summed E-state index contributed by atoms with van der Waals surface area (Å²) in [6.07, 6.45) is -1.63. The summed E-state index contributed by atoms with van der Waals surface area (Å²) in [5, 5.41) is 11.0. The SMILES string of the molecule is CC(C)(C)OC(=O)N1CC(OCc2ccccc2)CC1C(O)C(N)Cc1cc(F)cc(F)c1. The highest BCUT2D eigenvalue weighted by atomic mass is 19.1. The van der Waals surface area contributed by atoms with Gasteiger partial charge in [0.15, 0.2) is 0 Å². The van der Waals surface area contributed by atoms with Gasteiger partial charge in [0, 0.05) is 12.1 Å². The van der Waals surface area contributed by atoms with Gasteiger partial charge in [0.25, 0.3) is 0 Å². The summed E-state index contributed by atoms with van der Waals surface area (Å²) in [5.41, 5.74) is 6.83. The summed E-state index contributed by atoms with van der Waals surface area (Å²) >= 11 is 0. The Labute approximate surface area is 193 Å². The molecule has 0 bridgehead atoms. The zero-order valence-electron chi connectivity index (χ0n) is 19.2. The van der Waals surface area contributed by atoms with E-state index in [2.05, 4.69) is 0 Å². The van der Waals surface area contributed by atoms with E-state index in [1.165, 1.54) is 17.0 Å². The second-order valence-electron chi connectivity index (χ2n) is 9.49. The number of likely N-dealkylation sites (tertiary alicyclic amines) is 1. The summed E-state index contributed by atoms with van der Waals surface area (Å²) in [6, 6.07) is 11.3. The van der Waals surface area contributed by atoms with Gasteiger partial charge in [-0.2, -0.15) is 0 Å². The van der Waals surface area contributed by atoms with E-state index in [0.29, 0.717) is 18.6 Å². The third-order valence-electron chi connectivity index (χ3n) is 5.49. The van der Waals surface area contributed by atoms with Gasteiger partial charge in [-0.15, -0.1) is 0 Å². The Morgan fingerprint density at radius 1 is 1.15 bits per heavy atom. The van der Waals surface area contributed by atoms with E-state index in [1.807, 2.05) is 30.3 Å². The second-order valence-corrected chi connectivity index (χ2v) is 9.49. The van der Waals surface area contributed by atoms with Crippen LogP contribution in [0.1, 0.15) is 38.3 Å². The number of rotatable bonds is 7. The fourth-order valence-electron chi connectivity index (χ4n) is 4.00. The molecule has 4 atom stereocenters. The van der Waals surface area contributed by atoms with Crippen molar-refractivity contribution in [1.82, 2.24) is 4.90 Å². The number of aliphatic hydroxyl groups is 1. The predicted molar refractivity (Wildman–Crippen MR) is 120 cm³/mol. The first-order chi connectivity index (χ1) is 15.5. The van der Waals surface area contributed by atoms with Crippen molar-refractivity contribution in [2.24, 2.45) is 5.73 Å². The lowest BCUT2D eigenvalue weighted by atomic mass is 9.95. The van der Waals surface area contributed by atoms with E-state index in [0.717, 1.165) is 11.6 Å². The van der Waals surface area contributed by atoms with E-state index in [-0.39, 0.29) is 19.1 Å². The van der Waals surface area contributed by atoms with Gasteiger partial charge in [0.1, 0.15) is 17.2 Å². The fourth-order valence-corrected chi connectivity index (χ4v) is 4.00. The summed E-state index contributed by atoms with van der Waals surface area (Å²) in [7, 11) is 0. The number of nitrogens with zero attached hydrogens (tertiary/aromatic N) is 1. The van der Waals surface area contributed by atoms with Crippen LogP contribution in [0.25, 0.3) is 0 Å². The van der Waals surface area contributed by atoms with Crippen molar-refractivity contribution in [1.29, 1.82) is 0 Å². The van der Waals surface area contributed by atoms with E-state index in [9.17, 15) is 18.7 Å². The van der Waals surface area contributed by atoms with Crippen LogP contribution in [0, 0.1) is 11.6 Å². The Morgan fingerprint density at radius 3 is 2.39 bits per heavy atom. The van der Waals surface area contributed by atoms with Crippen molar-refractivity contribution in [3.63, 3.8) is 0 Å². The Bertz CT molecular complexity index is 915. The second kappa shape index (κ2) is 10.6. The van der Waals surface area contributed by atoms with Crippen molar-refractivity contribution in [2.75, 3.05) is 6.54 Å². The van der Waals surface area contributed by atoms with Crippen LogP contribution >= 0.6 is 0 Å². The number of amides is 1. The summed E-state index contributed by atoms with van der Waals surface area (Å²) in [6.45, 7) is 5.90. The molecule has 4 unspecified atom stereocenters. The minimum absolute atomic E-state index is 0.0457. The lowest BCUT2D eigenvalue weighted by Crippen LogP contribution is -2.52. The lowest BCUT2D eigenvalue weighted by Gasteiger charge is -2.33. The molecule has 0 saturated carbocycles. The fraction of sp³-hybridized carbons (Fsp3) is 0.480. The van der Waals surface area contributed by atoms with Crippen LogP contribution in [0.15, 0.2) is 48.5 Å². The first kappa shape index (κ1) is 25.1. The molecule has 1 aliphatic heterocycles. The number of carbonyl (C=O) groups is 1. The number of aliphatic hydroxyl groups excluding tert-OH is 1. The molecule has 3 N–H and O–H groups in total. The van der Waals surface area contributed by atoms with Crippen molar-refractivity contribution >= 4 is 6.09 Å². The average Bonchev–Trinajstić information content (AvgIpc) is 3.15. The van der Waals surface area contributed by atoms with Crippen LogP contribution < -0.4 is 5.73 Å². The van der Waals surface area contributed by atoms with Gasteiger partial charge in [-0.1, -0.05) is 30.3 Å². The molecule has 1 amide bonds. The molecule has 0 radical (unpaired) electrons. The van der Waals surface area contributed by atoms with Crippen molar-refractivity contribution in [3.05, 3.63) is 71.3 Å². The Kier molecular flexibility index (Phi) is 8.05. The van der Waals surface area contributed by atoms with Crippen LogP contribution in [-0.2, 0) is 22.5 Å². The van der Waals surface area contributed by atoms with E-state index in [4.69, 9.17) is 15.2 Å². The number of hydrogen-bond donors (Lipinski definition) is 2. The Morgan fingerprint density at radius 2 is 1.79 bits per heavy atom. The van der Waals surface area contributed by atoms with Crippen molar-refractivity contribution < 1.29 is 28.2 Å². The number of nitrogens with two attached hydrogens (primary N) is 1. The minimum atomic E-state index is -1.14. The summed E-state index contributed by atoms with van der Waals surface area (Å²) in [5.74, 6) is -1.42. The normalized spacial score (nSPS) is 20.5. The monoisotopic (exact) mass is 462 g/mol. The quantitative estimate of drug-likeness (QED) is 0.654. The standard InChI is InChI=1S/C25H32F2N2O4/c1-25(2,3)33-24(31)29-14-20(32-15-16-7-5-4-6-8-16)13-22(29)23(30)21(28)11-17-9-18(26)12-19(27)10-17/h4-10,12,20-23,30H,11,13-15,28H2,1-3H3. The molecule has 0 aliphatic carbocycles. The third-order valence-corrected chi connectivity index (χ3v) is 5.49. The largest absolute Gasteiger partial charge is 0.444 e. The molecule has 1 saturated heterocycles. The van der Waals surface area contributed by atoms with Crippen molar-refractivity contribution in [3.8, 4) is 0 Å². The molecule has 3 rings (SSSR count). The smallest absolute Gasteiger partial charge is 0.410 e. The van der Waals surface area contributed by atoms with Gasteiger partial charge in [-0.05, 0) is 56.9 Å². The van der Waals surface area contributed by atoms with Crippen LogP contribution in [0.2, 0.25) is 0 Å². The predicted octanol–water partition coefficient (Wildman–Crippen LogP) is 3.79. The van der Waals surface area contributed by atoms with Gasteiger partial charge < -0.3 is 20.3 Å². The Balaban J connectivity index is 1.71. The molecule has 0 spiro atoms. The van der Waals surface area contributed by atoms with Crippen molar-refractivity contribution in [2.45, 2.75) is 70.1 Å². The van der Waals surface area contributed by atoms with E-state index < -0.39 is 41.5 Å². The number of hydrogen-bond acceptors (Lipinski definition) is 5. The van der Waals surface area contributed by atoms with Gasteiger partial charge in [-0.3, -0.25) is 4.90 Å². The number of halogens is 2. The van der Waals surface area contributed by atoms with Gasteiger partial charge >= 0.3 is 6.09 Å². The highest BCUT2D eigenvalue weighted by Crippen LogP contribution is 2.28.